The summed E-state index contributed by atoms with van der Waals surface area (Å²) in [6.45, 7) is 2.63. The Bertz CT molecular complexity index is 419. The van der Waals surface area contributed by atoms with Crippen LogP contribution in [-0.4, -0.2) is 30.6 Å². The second kappa shape index (κ2) is 4.63. The maximum atomic E-state index is 12.0. The van der Waals surface area contributed by atoms with Gasteiger partial charge in [0, 0.05) is 25.0 Å². The first-order valence-electron chi connectivity index (χ1n) is 6.89. The van der Waals surface area contributed by atoms with Gasteiger partial charge in [-0.15, -0.1) is 0 Å². The van der Waals surface area contributed by atoms with E-state index in [2.05, 4.69) is 29.6 Å². The molecule has 3 heteroatoms. The zero-order valence-corrected chi connectivity index (χ0v) is 10.7. The van der Waals surface area contributed by atoms with Crippen LogP contribution in [0.2, 0.25) is 0 Å². The molecule has 1 saturated heterocycles. The number of amides is 2. The number of nitrogens with zero attached hydrogens (tertiary/aromatic N) is 1. The standard InChI is InChI=1S/C15H20N2O/c18-14(17-10-4-5-11-17)16-12-15(8-9-15)13-6-2-1-3-7-13/h1-3,6-7H,4-5,8-12H2,(H,16,18). The topological polar surface area (TPSA) is 32.3 Å². The van der Waals surface area contributed by atoms with E-state index in [1.54, 1.807) is 0 Å². The zero-order valence-electron chi connectivity index (χ0n) is 10.7. The Morgan fingerprint density at radius 3 is 2.44 bits per heavy atom. The number of urea groups is 1. The average molecular weight is 244 g/mol. The number of carbonyl (C=O) groups is 1. The SMILES string of the molecule is O=C(NCC1(c2ccccc2)CC1)N1CCCC1. The lowest BCUT2D eigenvalue weighted by Gasteiger charge is -2.20. The van der Waals surface area contributed by atoms with Gasteiger partial charge < -0.3 is 10.2 Å². The molecule has 0 unspecified atom stereocenters. The fourth-order valence-electron chi connectivity index (χ4n) is 2.79. The third-order valence-electron chi connectivity index (χ3n) is 4.21. The second-order valence-corrected chi connectivity index (χ2v) is 5.50. The molecule has 2 amide bonds. The molecule has 2 aliphatic rings. The van der Waals surface area contributed by atoms with E-state index in [1.807, 2.05) is 11.0 Å². The second-order valence-electron chi connectivity index (χ2n) is 5.50. The van der Waals surface area contributed by atoms with Gasteiger partial charge in [0.15, 0.2) is 0 Å². The molecule has 1 saturated carbocycles. The van der Waals surface area contributed by atoms with Crippen LogP contribution in [0.15, 0.2) is 30.3 Å². The Labute approximate surface area is 108 Å². The van der Waals surface area contributed by atoms with Gasteiger partial charge in [0.05, 0.1) is 0 Å². The minimum atomic E-state index is 0.120. The van der Waals surface area contributed by atoms with Gasteiger partial charge in [-0.3, -0.25) is 0 Å². The summed E-state index contributed by atoms with van der Waals surface area (Å²) in [4.78, 5) is 13.9. The highest BCUT2D eigenvalue weighted by Crippen LogP contribution is 2.47. The molecule has 1 N–H and O–H groups in total. The molecule has 0 bridgehead atoms. The van der Waals surface area contributed by atoms with E-state index >= 15 is 0 Å². The third kappa shape index (κ3) is 2.22. The summed E-state index contributed by atoms with van der Waals surface area (Å²) in [5.41, 5.74) is 1.59. The van der Waals surface area contributed by atoms with E-state index in [1.165, 1.54) is 18.4 Å². The number of hydrogen-bond acceptors (Lipinski definition) is 1. The molecule has 0 radical (unpaired) electrons. The monoisotopic (exact) mass is 244 g/mol. The lowest BCUT2D eigenvalue weighted by atomic mass is 9.96. The van der Waals surface area contributed by atoms with Crippen LogP contribution in [-0.2, 0) is 5.41 Å². The van der Waals surface area contributed by atoms with Crippen LogP contribution in [0.5, 0.6) is 0 Å². The van der Waals surface area contributed by atoms with Crippen molar-refractivity contribution in [3.05, 3.63) is 35.9 Å². The van der Waals surface area contributed by atoms with Crippen molar-refractivity contribution in [2.45, 2.75) is 31.1 Å². The third-order valence-corrected chi connectivity index (χ3v) is 4.21. The molecule has 96 valence electrons. The van der Waals surface area contributed by atoms with Crippen molar-refractivity contribution >= 4 is 6.03 Å². The molecule has 1 aromatic rings. The van der Waals surface area contributed by atoms with Gasteiger partial charge in [-0.1, -0.05) is 30.3 Å². The van der Waals surface area contributed by atoms with E-state index in [9.17, 15) is 4.79 Å². The predicted octanol–water partition coefficient (Wildman–Crippen LogP) is 2.52. The number of benzene rings is 1. The molecule has 1 heterocycles. The van der Waals surface area contributed by atoms with Crippen molar-refractivity contribution in [3.8, 4) is 0 Å². The lowest BCUT2D eigenvalue weighted by molar-refractivity contribution is 0.207. The number of carbonyl (C=O) groups excluding carboxylic acids is 1. The Kier molecular flexibility index (Phi) is 2.98. The molecule has 1 aliphatic heterocycles. The minimum absolute atomic E-state index is 0.120. The van der Waals surface area contributed by atoms with Gasteiger partial charge in [-0.25, -0.2) is 4.79 Å². The first-order chi connectivity index (χ1) is 8.80. The number of nitrogens with one attached hydrogen (secondary N) is 1. The van der Waals surface area contributed by atoms with Gasteiger partial charge in [-0.05, 0) is 31.2 Å². The van der Waals surface area contributed by atoms with Crippen molar-refractivity contribution in [2.24, 2.45) is 0 Å². The maximum absolute atomic E-state index is 12.0. The van der Waals surface area contributed by atoms with Crippen LogP contribution in [0.1, 0.15) is 31.2 Å². The molecular formula is C15H20N2O. The van der Waals surface area contributed by atoms with Crippen LogP contribution in [0, 0.1) is 0 Å². The smallest absolute Gasteiger partial charge is 0.317 e. The van der Waals surface area contributed by atoms with Gasteiger partial charge in [0.2, 0.25) is 0 Å². The molecule has 18 heavy (non-hydrogen) atoms. The van der Waals surface area contributed by atoms with E-state index in [0.29, 0.717) is 0 Å². The maximum Gasteiger partial charge on any atom is 0.317 e. The summed E-state index contributed by atoms with van der Waals surface area (Å²) in [5.74, 6) is 0. The molecule has 1 aromatic carbocycles. The zero-order chi connectivity index (χ0) is 12.4. The van der Waals surface area contributed by atoms with Crippen LogP contribution in [0.25, 0.3) is 0 Å². The van der Waals surface area contributed by atoms with Gasteiger partial charge in [0.25, 0.3) is 0 Å². The molecule has 2 fully saturated rings. The Balaban J connectivity index is 1.58. The largest absolute Gasteiger partial charge is 0.337 e. The Morgan fingerprint density at radius 1 is 1.17 bits per heavy atom. The summed E-state index contributed by atoms with van der Waals surface area (Å²) in [5, 5.41) is 3.11. The predicted molar refractivity (Wildman–Crippen MR) is 71.6 cm³/mol. The molecule has 3 rings (SSSR count). The summed E-state index contributed by atoms with van der Waals surface area (Å²) >= 11 is 0. The highest BCUT2D eigenvalue weighted by Gasteiger charge is 2.44. The van der Waals surface area contributed by atoms with E-state index in [4.69, 9.17) is 0 Å². The number of rotatable bonds is 3. The Hall–Kier alpha value is -1.51. The van der Waals surface area contributed by atoms with E-state index in [-0.39, 0.29) is 11.4 Å². The van der Waals surface area contributed by atoms with Crippen molar-refractivity contribution in [3.63, 3.8) is 0 Å². The van der Waals surface area contributed by atoms with Crippen molar-refractivity contribution in [2.75, 3.05) is 19.6 Å². The quantitative estimate of drug-likeness (QED) is 0.870. The van der Waals surface area contributed by atoms with Crippen LogP contribution >= 0.6 is 0 Å². The van der Waals surface area contributed by atoms with Gasteiger partial charge >= 0.3 is 6.03 Å². The normalized spacial score (nSPS) is 20.8. The highest BCUT2D eigenvalue weighted by molar-refractivity contribution is 5.74. The highest BCUT2D eigenvalue weighted by atomic mass is 16.2. The van der Waals surface area contributed by atoms with E-state index < -0.39 is 0 Å². The van der Waals surface area contributed by atoms with Crippen LogP contribution in [0.3, 0.4) is 0 Å². The van der Waals surface area contributed by atoms with Gasteiger partial charge in [-0.2, -0.15) is 0 Å². The lowest BCUT2D eigenvalue weighted by Crippen LogP contribution is -2.41. The summed E-state index contributed by atoms with van der Waals surface area (Å²) < 4.78 is 0. The van der Waals surface area contributed by atoms with Crippen LogP contribution < -0.4 is 5.32 Å². The molecule has 0 atom stereocenters. The molecule has 3 nitrogen and oxygen atoms in total. The fourth-order valence-corrected chi connectivity index (χ4v) is 2.79. The number of hydrogen-bond donors (Lipinski definition) is 1. The minimum Gasteiger partial charge on any atom is -0.337 e. The first-order valence-corrected chi connectivity index (χ1v) is 6.89. The summed E-state index contributed by atoms with van der Waals surface area (Å²) in [6.07, 6.45) is 4.68. The average Bonchev–Trinajstić information content (AvgIpc) is 3.01. The molecule has 0 spiro atoms. The first kappa shape index (κ1) is 11.6. The van der Waals surface area contributed by atoms with Crippen molar-refractivity contribution in [1.82, 2.24) is 10.2 Å². The molecule has 0 aromatic heterocycles. The summed E-state index contributed by atoms with van der Waals surface area (Å²) in [7, 11) is 0. The number of likely N-dealkylation sites (tertiary alicyclic amines) is 1. The van der Waals surface area contributed by atoms with Crippen molar-refractivity contribution < 1.29 is 4.79 Å². The van der Waals surface area contributed by atoms with E-state index in [0.717, 1.165) is 32.5 Å². The van der Waals surface area contributed by atoms with Crippen LogP contribution in [0.4, 0.5) is 4.79 Å². The molecular weight excluding hydrogens is 224 g/mol. The molecule has 1 aliphatic carbocycles. The van der Waals surface area contributed by atoms with Crippen molar-refractivity contribution in [1.29, 1.82) is 0 Å². The summed E-state index contributed by atoms with van der Waals surface area (Å²) in [6, 6.07) is 10.7. The Morgan fingerprint density at radius 2 is 1.83 bits per heavy atom. The fraction of sp³-hybridized carbons (Fsp3) is 0.533. The van der Waals surface area contributed by atoms with Gasteiger partial charge in [0.1, 0.15) is 0 Å².